The van der Waals surface area contributed by atoms with Crippen LogP contribution in [0.4, 0.5) is 0 Å². The lowest BCUT2D eigenvalue weighted by atomic mass is 10.1. The van der Waals surface area contributed by atoms with Gasteiger partial charge in [0, 0.05) is 20.1 Å². The smallest absolute Gasteiger partial charge is 0.161 e. The van der Waals surface area contributed by atoms with Crippen molar-refractivity contribution >= 4 is 5.78 Å². The zero-order chi connectivity index (χ0) is 7.98. The van der Waals surface area contributed by atoms with E-state index in [1.54, 1.807) is 7.11 Å². The first-order valence-corrected chi connectivity index (χ1v) is 3.38. The highest BCUT2D eigenvalue weighted by Gasteiger charge is 2.06. The molecule has 1 atom stereocenters. The molecule has 0 aromatic carbocycles. The highest BCUT2D eigenvalue weighted by molar-refractivity contribution is 5.82. The van der Waals surface area contributed by atoms with Crippen molar-refractivity contribution in [1.29, 1.82) is 0 Å². The van der Waals surface area contributed by atoms with Crippen LogP contribution in [0.3, 0.4) is 0 Å². The van der Waals surface area contributed by atoms with Crippen LogP contribution in [0.1, 0.15) is 19.8 Å². The third-order valence-corrected chi connectivity index (χ3v) is 1.24. The lowest BCUT2D eigenvalue weighted by Crippen LogP contribution is -2.15. The highest BCUT2D eigenvalue weighted by atomic mass is 16.5. The van der Waals surface area contributed by atoms with Crippen LogP contribution in [-0.2, 0) is 9.53 Å². The predicted molar refractivity (Wildman–Crippen MR) is 37.8 cm³/mol. The zero-order valence-electron chi connectivity index (χ0n) is 6.46. The molecule has 0 aliphatic carbocycles. The molecule has 0 bridgehead atoms. The fourth-order valence-electron chi connectivity index (χ4n) is 0.600. The van der Waals surface area contributed by atoms with Crippen LogP contribution in [0.2, 0.25) is 0 Å². The summed E-state index contributed by atoms with van der Waals surface area (Å²) in [5.41, 5.74) is 0. The summed E-state index contributed by atoms with van der Waals surface area (Å²) in [4.78, 5) is 10.7. The summed E-state index contributed by atoms with van der Waals surface area (Å²) < 4.78 is 4.74. The Morgan fingerprint density at radius 2 is 2.30 bits per heavy atom. The van der Waals surface area contributed by atoms with Crippen molar-refractivity contribution in [1.82, 2.24) is 0 Å². The van der Waals surface area contributed by atoms with Gasteiger partial charge in [0.15, 0.2) is 5.78 Å². The normalized spacial score (nSPS) is 13.1. The van der Waals surface area contributed by atoms with Crippen molar-refractivity contribution in [2.75, 3.05) is 13.7 Å². The Bertz CT molecular complexity index is 99.0. The first-order valence-electron chi connectivity index (χ1n) is 3.38. The van der Waals surface area contributed by atoms with E-state index in [9.17, 15) is 4.79 Å². The van der Waals surface area contributed by atoms with Crippen molar-refractivity contribution in [2.45, 2.75) is 25.9 Å². The van der Waals surface area contributed by atoms with Gasteiger partial charge in [-0.1, -0.05) is 0 Å². The lowest BCUT2D eigenvalue weighted by molar-refractivity contribution is -0.126. The van der Waals surface area contributed by atoms with E-state index < -0.39 is 6.10 Å². The van der Waals surface area contributed by atoms with Gasteiger partial charge in [0.05, 0.1) is 0 Å². The second kappa shape index (κ2) is 5.38. The molecule has 3 nitrogen and oxygen atoms in total. The third kappa shape index (κ3) is 4.47. The number of ketones is 1. The summed E-state index contributed by atoms with van der Waals surface area (Å²) in [5.74, 6) is -0.114. The highest BCUT2D eigenvalue weighted by Crippen LogP contribution is 1.94. The Labute approximate surface area is 61.0 Å². The van der Waals surface area contributed by atoms with E-state index in [4.69, 9.17) is 9.84 Å². The molecular formula is C7H14O3. The van der Waals surface area contributed by atoms with Crippen molar-refractivity contribution in [3.63, 3.8) is 0 Å². The Morgan fingerprint density at radius 3 is 2.70 bits per heavy atom. The maximum Gasteiger partial charge on any atom is 0.161 e. The fourth-order valence-corrected chi connectivity index (χ4v) is 0.600. The molecule has 0 amide bonds. The number of hydrogen-bond donors (Lipinski definition) is 1. The molecule has 0 radical (unpaired) electrons. The van der Waals surface area contributed by atoms with E-state index in [1.165, 1.54) is 6.92 Å². The van der Waals surface area contributed by atoms with Gasteiger partial charge in [0.2, 0.25) is 0 Å². The zero-order valence-corrected chi connectivity index (χ0v) is 6.46. The predicted octanol–water partition coefficient (Wildman–Crippen LogP) is 0.363. The van der Waals surface area contributed by atoms with Gasteiger partial charge in [0.1, 0.15) is 6.10 Å². The summed E-state index contributed by atoms with van der Waals surface area (Å²) in [6.45, 7) is 2.06. The molecular weight excluding hydrogens is 132 g/mol. The molecule has 0 aliphatic heterocycles. The summed E-state index contributed by atoms with van der Waals surface area (Å²) in [6.07, 6.45) is 0.281. The van der Waals surface area contributed by atoms with Gasteiger partial charge >= 0.3 is 0 Å². The molecule has 0 aliphatic rings. The Hall–Kier alpha value is -0.410. The van der Waals surface area contributed by atoms with Crippen molar-refractivity contribution in [3.05, 3.63) is 0 Å². The number of rotatable bonds is 5. The Balaban J connectivity index is 3.22. The Morgan fingerprint density at radius 1 is 1.70 bits per heavy atom. The number of carbonyl (C=O) groups excluding carboxylic acids is 1. The largest absolute Gasteiger partial charge is 0.386 e. The molecule has 1 unspecified atom stereocenters. The number of ether oxygens (including phenoxy) is 1. The van der Waals surface area contributed by atoms with Crippen molar-refractivity contribution in [2.24, 2.45) is 0 Å². The van der Waals surface area contributed by atoms with Gasteiger partial charge in [-0.2, -0.15) is 0 Å². The van der Waals surface area contributed by atoms with Gasteiger partial charge in [-0.3, -0.25) is 4.79 Å². The monoisotopic (exact) mass is 146 g/mol. The van der Waals surface area contributed by atoms with Crippen molar-refractivity contribution in [3.8, 4) is 0 Å². The number of methoxy groups -OCH3 is 1. The van der Waals surface area contributed by atoms with Crippen LogP contribution in [-0.4, -0.2) is 30.7 Å². The second-order valence-electron chi connectivity index (χ2n) is 2.24. The lowest BCUT2D eigenvalue weighted by Gasteiger charge is -2.01. The van der Waals surface area contributed by atoms with E-state index in [1.807, 2.05) is 0 Å². The molecule has 10 heavy (non-hydrogen) atoms. The van der Waals surface area contributed by atoms with Gasteiger partial charge in [-0.25, -0.2) is 0 Å². The molecule has 3 heteroatoms. The van der Waals surface area contributed by atoms with E-state index in [0.29, 0.717) is 19.4 Å². The van der Waals surface area contributed by atoms with E-state index in [-0.39, 0.29) is 5.78 Å². The maximum atomic E-state index is 10.7. The summed E-state index contributed by atoms with van der Waals surface area (Å²) in [6, 6.07) is 0. The summed E-state index contributed by atoms with van der Waals surface area (Å²) >= 11 is 0. The minimum atomic E-state index is -0.822. The minimum Gasteiger partial charge on any atom is -0.386 e. The molecule has 0 aromatic heterocycles. The van der Waals surface area contributed by atoms with Gasteiger partial charge < -0.3 is 9.84 Å². The van der Waals surface area contributed by atoms with Crippen LogP contribution >= 0.6 is 0 Å². The molecule has 60 valence electrons. The van der Waals surface area contributed by atoms with Crippen LogP contribution in [0.15, 0.2) is 0 Å². The number of aliphatic hydroxyl groups excluding tert-OH is 1. The van der Waals surface area contributed by atoms with Crippen LogP contribution < -0.4 is 0 Å². The molecule has 0 saturated carbocycles. The van der Waals surface area contributed by atoms with Crippen LogP contribution in [0.25, 0.3) is 0 Å². The van der Waals surface area contributed by atoms with Gasteiger partial charge in [-0.15, -0.1) is 0 Å². The standard InChI is InChI=1S/C7H14O3/c1-6(8)7(9)4-3-5-10-2/h6,8H,3-5H2,1-2H3. The fraction of sp³-hybridized carbons (Fsp3) is 0.857. The van der Waals surface area contributed by atoms with Gasteiger partial charge in [-0.05, 0) is 13.3 Å². The number of Topliss-reactive ketones (excluding diaryl/α,β-unsaturated/α-hetero) is 1. The summed E-state index contributed by atoms with van der Waals surface area (Å²) in [7, 11) is 1.59. The third-order valence-electron chi connectivity index (χ3n) is 1.24. The molecule has 0 saturated heterocycles. The molecule has 0 fully saturated rings. The number of carbonyl (C=O) groups is 1. The average molecular weight is 146 g/mol. The quantitative estimate of drug-likeness (QED) is 0.570. The first kappa shape index (κ1) is 9.59. The van der Waals surface area contributed by atoms with Gasteiger partial charge in [0.25, 0.3) is 0 Å². The number of hydrogen-bond acceptors (Lipinski definition) is 3. The Kier molecular flexibility index (Phi) is 5.16. The molecule has 0 aromatic rings. The first-order chi connectivity index (χ1) is 4.68. The topological polar surface area (TPSA) is 46.5 Å². The van der Waals surface area contributed by atoms with Crippen molar-refractivity contribution < 1.29 is 14.6 Å². The average Bonchev–Trinajstić information content (AvgIpc) is 1.88. The van der Waals surface area contributed by atoms with Crippen LogP contribution in [0.5, 0.6) is 0 Å². The minimum absolute atomic E-state index is 0.114. The number of aliphatic hydroxyl groups is 1. The molecule has 0 spiro atoms. The maximum absolute atomic E-state index is 10.7. The van der Waals surface area contributed by atoms with E-state index in [0.717, 1.165) is 0 Å². The molecule has 0 rings (SSSR count). The second-order valence-corrected chi connectivity index (χ2v) is 2.24. The SMILES string of the molecule is COCCCC(=O)C(C)O. The summed E-state index contributed by atoms with van der Waals surface area (Å²) in [5, 5.41) is 8.73. The van der Waals surface area contributed by atoms with Crippen LogP contribution in [0, 0.1) is 0 Å². The molecule has 0 heterocycles. The molecule has 1 N–H and O–H groups in total. The van der Waals surface area contributed by atoms with E-state index >= 15 is 0 Å². The van der Waals surface area contributed by atoms with E-state index in [2.05, 4.69) is 0 Å².